The molecule has 0 unspecified atom stereocenters. The number of rotatable bonds is 14. The molecule has 0 saturated carbocycles. The number of hydrogen-bond donors (Lipinski definition) is 7. The predicted octanol–water partition coefficient (Wildman–Crippen LogP) is 7.45. The summed E-state index contributed by atoms with van der Waals surface area (Å²) >= 11 is 14.8. The van der Waals surface area contributed by atoms with Crippen LogP contribution in [0.4, 0.5) is 4.39 Å². The molecule has 1 aliphatic heterocycles. The van der Waals surface area contributed by atoms with E-state index in [0.717, 1.165) is 55.8 Å². The van der Waals surface area contributed by atoms with E-state index in [1.165, 1.54) is 85.0 Å². The van der Waals surface area contributed by atoms with Gasteiger partial charge in [-0.25, -0.2) is 42.0 Å². The van der Waals surface area contributed by atoms with Crippen LogP contribution in [0.1, 0.15) is 88.2 Å². The first-order chi connectivity index (χ1) is 55.4. The van der Waals surface area contributed by atoms with Gasteiger partial charge in [0, 0.05) is 102 Å². The molecule has 8 N–H and O–H groups in total. The molecule has 10 rings (SSSR count). The van der Waals surface area contributed by atoms with Crippen LogP contribution in [0, 0.1) is 52.5 Å². The van der Waals surface area contributed by atoms with Crippen molar-refractivity contribution < 1.29 is 170 Å². The molecular formula is C77H100Cl2FI2KN13O23PPd. The number of carboxylic acid groups (broad SMARTS) is 3. The minimum absolute atomic E-state index is 0. The smallest absolute Gasteiger partial charge is 0.870 e. The van der Waals surface area contributed by atoms with Gasteiger partial charge in [0.25, 0.3) is 23.1 Å². The van der Waals surface area contributed by atoms with E-state index in [4.69, 9.17) is 77.9 Å². The van der Waals surface area contributed by atoms with Crippen LogP contribution in [0.5, 0.6) is 35.7 Å². The van der Waals surface area contributed by atoms with Crippen molar-refractivity contribution in [1.82, 2.24) is 62.9 Å². The van der Waals surface area contributed by atoms with Gasteiger partial charge in [-0.05, 0) is 130 Å². The fourth-order valence-corrected chi connectivity index (χ4v) is 11.7. The Morgan fingerprint density at radius 1 is 0.554 bits per heavy atom. The molecule has 0 atom stereocenters. The Morgan fingerprint density at radius 3 is 1.30 bits per heavy atom. The van der Waals surface area contributed by atoms with Crippen molar-refractivity contribution in [1.29, 1.82) is 0 Å². The van der Waals surface area contributed by atoms with Gasteiger partial charge in [0.15, 0.2) is 0 Å². The van der Waals surface area contributed by atoms with Crippen molar-refractivity contribution in [2.75, 3.05) is 64.1 Å². The maximum atomic E-state index is 11.2. The molecule has 662 valence electrons. The molecule has 0 bridgehead atoms. The Balaban J connectivity index is -0.000000198. The van der Waals surface area contributed by atoms with Crippen LogP contribution in [0.2, 0.25) is 10.4 Å². The number of ether oxygens (including phenoxy) is 8. The van der Waals surface area contributed by atoms with Crippen molar-refractivity contribution in [3.63, 3.8) is 0 Å². The summed E-state index contributed by atoms with van der Waals surface area (Å²) < 4.78 is 55.6. The minimum Gasteiger partial charge on any atom is -0.870 e. The Bertz CT molecular complexity index is 4660. The summed E-state index contributed by atoms with van der Waals surface area (Å²) in [5.41, 5.74) is 2.72. The summed E-state index contributed by atoms with van der Waals surface area (Å²) in [5, 5.41) is 28.1. The second kappa shape index (κ2) is 73.2. The number of methoxy groups -OCH3 is 8. The Morgan fingerprint density at radius 2 is 0.959 bits per heavy atom. The van der Waals surface area contributed by atoms with E-state index >= 15 is 0 Å². The molecule has 121 heavy (non-hydrogen) atoms. The number of aryl methyl sites for hydroxylation is 6. The molecule has 6 aromatic heterocycles. The number of amides is 2. The second-order valence-corrected chi connectivity index (χ2v) is 26.3. The van der Waals surface area contributed by atoms with E-state index in [1.807, 2.05) is 23.8 Å². The second-order valence-electron chi connectivity index (χ2n) is 21.0. The summed E-state index contributed by atoms with van der Waals surface area (Å²) in [6.07, 6.45) is 6.67. The Kier molecular flexibility index (Phi) is 75.5. The molecule has 0 aliphatic carbocycles. The van der Waals surface area contributed by atoms with Crippen LogP contribution < -0.4 is 118 Å². The van der Waals surface area contributed by atoms with E-state index in [2.05, 4.69) is 179 Å². The standard InChI is InChI=1S/C18H15P.C11H14N2O4.C8H8N2O4.C7H9IN2O2.C7H10N2O2.C5H4Cl2N2.C5H6N2O2.C4H4INO2.C4H6O2.2C2H4O2.CH3F.2CH4.CH3.K.H2O.Pd/c1-4-10-16(11-5-1)19(17-12-6-2-7-13-17)18-14-8-3-9-15-18;1-7-8(5-6-9(14)15-2)10(16-3)13-11(12-7)17-4;1-4-5(2-3-6(11)12)7(13)10-8(14)9-4;1-4-5(8)6(11-2)10-7(9-4)12-3;1-5-4-6(10-2)9-7(8-5)11-3;1-3-2-4(6)9-5(7)8-3;1-3-2-4(8)7-5(9)6-3;5-6-3(7)1-2-4(6)8;1-3-4(5)6-2;2*1-2(3)4;1-2;;;;;;/h1-15H;5-6H,1-4H3;2-3H,1H3,(H,11,12)(H2,9,10,13,14);1-3H3;4H,1-3H3;2H,1H3;2H,1H3,(H2,6,7,8,9);1-2H2;3H,1H2,2H3;2*1H3,(H,3,4);1H3;2*1H4;1H3;;1H2;/q;;;;;;;;;;;;;;-1;+1;;/b;6-5+;3-2+;;;;;;;;;;;;;;;/i;;;;;;;;;;;;1D;;;;;. The van der Waals surface area contributed by atoms with Crippen molar-refractivity contribution >= 4 is 146 Å². The molecule has 1 saturated heterocycles. The number of aromatic amines is 4. The maximum absolute atomic E-state index is 11.2. The number of carbonyl (C=O) groups excluding carboxylic acids is 4. The van der Waals surface area contributed by atoms with Gasteiger partial charge >= 0.3 is 98.7 Å². The molecule has 3 aromatic carbocycles. The summed E-state index contributed by atoms with van der Waals surface area (Å²) in [7, 11) is 12.6. The third kappa shape index (κ3) is 56.7. The number of aliphatic carboxylic acids is 3. The summed E-state index contributed by atoms with van der Waals surface area (Å²) in [4.78, 5) is 153. The topological polar surface area (TPSA) is 522 Å². The number of hydrogen-bond acceptors (Lipinski definition) is 28. The molecule has 1 aliphatic rings. The molecule has 0 radical (unpaired) electrons. The van der Waals surface area contributed by atoms with Crippen LogP contribution >= 0.6 is 76.6 Å². The maximum Gasteiger partial charge on any atom is 1.00 e. The van der Waals surface area contributed by atoms with Crippen LogP contribution in [-0.4, -0.2) is 189 Å². The van der Waals surface area contributed by atoms with Gasteiger partial charge < -0.3 is 76.1 Å². The van der Waals surface area contributed by atoms with Crippen LogP contribution in [0.15, 0.2) is 153 Å². The molecule has 7 heterocycles. The zero-order chi connectivity index (χ0) is 89.9. The normalized spacial score (nSPS) is 9.79. The van der Waals surface area contributed by atoms with Crippen molar-refractivity contribution in [2.45, 2.75) is 83.1 Å². The first-order valence-corrected chi connectivity index (χ1v) is 36.7. The van der Waals surface area contributed by atoms with Crippen molar-refractivity contribution in [3.05, 3.63) is 242 Å². The van der Waals surface area contributed by atoms with E-state index < -0.39 is 54.7 Å². The predicted molar refractivity (Wildman–Crippen MR) is 471 cm³/mol. The van der Waals surface area contributed by atoms with E-state index in [-0.39, 0.29) is 126 Å². The van der Waals surface area contributed by atoms with Gasteiger partial charge in [-0.2, -0.15) is 24.9 Å². The third-order valence-electron chi connectivity index (χ3n) is 12.4. The molecule has 0 spiro atoms. The average Bonchev–Trinajstić information content (AvgIpc) is 1.02. The minimum atomic E-state index is -1.16. The number of imide groups is 1. The monoisotopic (exact) mass is 2090 g/mol. The third-order valence-corrected chi connectivity index (χ3v) is 17.8. The summed E-state index contributed by atoms with van der Waals surface area (Å²) in [6.45, 7) is 15.8. The van der Waals surface area contributed by atoms with Crippen LogP contribution in [-0.2, 0) is 63.5 Å². The van der Waals surface area contributed by atoms with Crippen molar-refractivity contribution in [2.24, 2.45) is 0 Å². The molecule has 9 aromatic rings. The number of aromatic nitrogens is 12. The number of esters is 2. The van der Waals surface area contributed by atoms with Gasteiger partial charge in [-0.1, -0.05) is 87.6 Å². The first-order valence-electron chi connectivity index (χ1n) is 33.4. The SMILES string of the molecule is C.C=CC(=O)OC.CC(=O)O.CC(=O)O.CF.COC(=O)/C=C/c1c(C)nc(OC)nc1OC.COc1cc(C)nc(OC)n1.COc1nc(C)c(I)c(OC)n1.Cc1[nH]c(=O)[nH]c(=O)c1/C=C/C(=O)O.Cc1cc(=O)[nH]c(=O)[nH]1.Cc1cc(Cl)nc(Cl)n1.O=C1CCC(=O)N1I.[2H]C.[CH3-].[K+].[OH-].[Pd].c1ccc([PH+](c2ccccc2)c2ccccc2)cc1. The van der Waals surface area contributed by atoms with Crippen molar-refractivity contribution in [3.8, 4) is 35.7 Å². The number of nitrogens with zero attached hydrogens (tertiary/aromatic N) is 9. The van der Waals surface area contributed by atoms with E-state index in [0.29, 0.717) is 77.5 Å². The molecular weight excluding hydrogens is 2000 g/mol. The zero-order valence-corrected chi connectivity index (χ0v) is 80.7. The molecule has 44 heteroatoms. The first kappa shape index (κ1) is 125. The summed E-state index contributed by atoms with van der Waals surface area (Å²) in [5.74, 6) is -2.40. The molecule has 2 amide bonds. The van der Waals surface area contributed by atoms with E-state index in [1.54, 1.807) is 76.1 Å². The Hall–Kier alpha value is -9.49. The molecule has 1 fully saturated rings. The fourth-order valence-electron chi connectivity index (χ4n) is 7.63. The van der Waals surface area contributed by atoms with Gasteiger partial charge in [-0.3, -0.25) is 43.1 Å². The van der Waals surface area contributed by atoms with E-state index in [9.17, 15) is 47.5 Å². The average molecular weight is 2100 g/mol. The molecule has 36 nitrogen and oxygen atoms in total. The van der Waals surface area contributed by atoms with Crippen LogP contribution in [0.25, 0.3) is 12.2 Å². The number of nitrogens with one attached hydrogen (secondary N) is 4. The van der Waals surface area contributed by atoms with Crippen LogP contribution in [0.3, 0.4) is 0 Å². The quantitative estimate of drug-likeness (QED) is 0.00530. The Labute approximate surface area is 796 Å². The number of alkyl halides is 1. The zero-order valence-electron chi connectivity index (χ0n) is 70.2. The number of benzene rings is 3. The van der Waals surface area contributed by atoms with Gasteiger partial charge in [-0.15, -0.1) is 0 Å². The fraction of sp³-hybridized carbons (Fsp3) is 0.273. The largest absolute Gasteiger partial charge is 1.00 e. The van der Waals surface area contributed by atoms with Gasteiger partial charge in [0.05, 0.1) is 121 Å². The number of halogens is 5. The summed E-state index contributed by atoms with van der Waals surface area (Å²) in [6, 6.07) is 38.1. The number of carboxylic acids is 3. The van der Waals surface area contributed by atoms with Gasteiger partial charge in [0.2, 0.25) is 34.7 Å². The number of H-pyrrole nitrogens is 4. The van der Waals surface area contributed by atoms with Gasteiger partial charge in [0.1, 0.15) is 21.1 Å². The number of carbonyl (C=O) groups is 7.